The zero-order valence-corrected chi connectivity index (χ0v) is 13.9. The number of anilines is 1. The number of amides is 1. The van der Waals surface area contributed by atoms with E-state index in [1.54, 1.807) is 0 Å². The number of piperidine rings is 1. The molecule has 0 bridgehead atoms. The van der Waals surface area contributed by atoms with Crippen LogP contribution in [-0.2, 0) is 4.79 Å². The summed E-state index contributed by atoms with van der Waals surface area (Å²) >= 11 is 0. The van der Waals surface area contributed by atoms with Crippen LogP contribution in [0, 0.1) is 0 Å². The van der Waals surface area contributed by atoms with E-state index in [1.807, 2.05) is 17.0 Å². The van der Waals surface area contributed by atoms with Crippen LogP contribution in [0.25, 0.3) is 11.0 Å². The number of aromatic amines is 1. The van der Waals surface area contributed by atoms with Crippen molar-refractivity contribution in [1.29, 1.82) is 0 Å². The average Bonchev–Trinajstić information content (AvgIpc) is 3.26. The van der Waals surface area contributed by atoms with Crippen LogP contribution < -0.4 is 5.73 Å². The Hall–Kier alpha value is -2.15. The van der Waals surface area contributed by atoms with Crippen molar-refractivity contribution in [3.8, 4) is 0 Å². The molecule has 24 heavy (non-hydrogen) atoms. The molecular formula is C17H24N6O. The summed E-state index contributed by atoms with van der Waals surface area (Å²) in [4.78, 5) is 21.5. The molecule has 2 aliphatic heterocycles. The number of hydrogen-bond acceptors (Lipinski definition) is 5. The molecule has 3 N–H and O–H groups in total. The van der Waals surface area contributed by atoms with Gasteiger partial charge in [-0.3, -0.25) is 14.8 Å². The van der Waals surface area contributed by atoms with Gasteiger partial charge in [0.15, 0.2) is 5.65 Å². The zero-order chi connectivity index (χ0) is 16.5. The molecule has 2 aromatic rings. The van der Waals surface area contributed by atoms with Gasteiger partial charge in [-0.25, -0.2) is 4.98 Å². The van der Waals surface area contributed by atoms with Gasteiger partial charge in [0, 0.05) is 13.1 Å². The van der Waals surface area contributed by atoms with Crippen LogP contribution in [0.15, 0.2) is 12.1 Å². The maximum Gasteiger partial charge on any atom is 0.236 e. The molecule has 7 heteroatoms. The zero-order valence-electron chi connectivity index (χ0n) is 13.9. The molecule has 2 saturated heterocycles. The SMILES string of the molecule is Nc1[nH]nc2nc(C3CCCCN3CC(=O)N3CCCC3)ccc12. The number of carbonyl (C=O) groups excluding carboxylic acids is 1. The van der Waals surface area contributed by atoms with Crippen molar-refractivity contribution in [3.05, 3.63) is 17.8 Å². The number of fused-ring (bicyclic) bond motifs is 1. The summed E-state index contributed by atoms with van der Waals surface area (Å²) in [6.45, 7) is 3.27. The second-order valence-electron chi connectivity index (χ2n) is 6.81. The topological polar surface area (TPSA) is 91.1 Å². The summed E-state index contributed by atoms with van der Waals surface area (Å²) in [5.41, 5.74) is 7.49. The maximum atomic E-state index is 12.5. The minimum absolute atomic E-state index is 0.188. The highest BCUT2D eigenvalue weighted by Crippen LogP contribution is 2.31. The van der Waals surface area contributed by atoms with E-state index < -0.39 is 0 Å². The smallest absolute Gasteiger partial charge is 0.236 e. The highest BCUT2D eigenvalue weighted by Gasteiger charge is 2.29. The lowest BCUT2D eigenvalue weighted by Gasteiger charge is -2.35. The normalized spacial score (nSPS) is 22.3. The molecule has 7 nitrogen and oxygen atoms in total. The lowest BCUT2D eigenvalue weighted by Crippen LogP contribution is -2.42. The largest absolute Gasteiger partial charge is 0.384 e. The van der Waals surface area contributed by atoms with Crippen molar-refractivity contribution in [2.24, 2.45) is 0 Å². The van der Waals surface area contributed by atoms with E-state index in [9.17, 15) is 4.79 Å². The third-order valence-electron chi connectivity index (χ3n) is 5.22. The number of H-pyrrole nitrogens is 1. The molecule has 0 radical (unpaired) electrons. The standard InChI is InChI=1S/C17H24N6O/c18-16-12-6-7-13(19-17(12)21-20-16)14-5-1-2-10-23(14)11-15(24)22-8-3-4-9-22/h6-7,14H,1-5,8-11H2,(H3,18,19,20,21). The predicted octanol–water partition coefficient (Wildman–Crippen LogP) is 1.69. The van der Waals surface area contributed by atoms with Crippen molar-refractivity contribution in [2.45, 2.75) is 38.1 Å². The van der Waals surface area contributed by atoms with E-state index in [0.717, 1.165) is 56.4 Å². The second-order valence-corrected chi connectivity index (χ2v) is 6.81. The summed E-state index contributed by atoms with van der Waals surface area (Å²) in [5.74, 6) is 0.804. The lowest BCUT2D eigenvalue weighted by atomic mass is 9.98. The average molecular weight is 328 g/mol. The maximum absolute atomic E-state index is 12.5. The molecule has 0 aromatic carbocycles. The fourth-order valence-electron chi connectivity index (χ4n) is 3.87. The molecule has 4 rings (SSSR count). The first-order valence-corrected chi connectivity index (χ1v) is 8.85. The highest BCUT2D eigenvalue weighted by atomic mass is 16.2. The van der Waals surface area contributed by atoms with Gasteiger partial charge in [0.05, 0.1) is 23.7 Å². The third kappa shape index (κ3) is 2.84. The van der Waals surface area contributed by atoms with Crippen LogP contribution in [0.2, 0.25) is 0 Å². The molecule has 128 valence electrons. The van der Waals surface area contributed by atoms with Crippen LogP contribution in [0.1, 0.15) is 43.8 Å². The van der Waals surface area contributed by atoms with Gasteiger partial charge in [-0.2, -0.15) is 5.10 Å². The third-order valence-corrected chi connectivity index (χ3v) is 5.22. The second kappa shape index (κ2) is 6.39. The Labute approximate surface area is 141 Å². The van der Waals surface area contributed by atoms with Crippen molar-refractivity contribution >= 4 is 22.8 Å². The quantitative estimate of drug-likeness (QED) is 0.894. The molecule has 2 aliphatic rings. The first kappa shape index (κ1) is 15.4. The van der Waals surface area contributed by atoms with Crippen molar-refractivity contribution < 1.29 is 4.79 Å². The van der Waals surface area contributed by atoms with Crippen molar-refractivity contribution in [1.82, 2.24) is 25.0 Å². The van der Waals surface area contributed by atoms with Crippen molar-refractivity contribution in [2.75, 3.05) is 31.9 Å². The number of likely N-dealkylation sites (tertiary alicyclic amines) is 2. The fourth-order valence-corrected chi connectivity index (χ4v) is 3.87. The first-order valence-electron chi connectivity index (χ1n) is 8.85. The molecule has 2 fully saturated rings. The Balaban J connectivity index is 1.54. The summed E-state index contributed by atoms with van der Waals surface area (Å²) in [5, 5.41) is 7.80. The molecule has 1 amide bonds. The van der Waals surface area contributed by atoms with Gasteiger partial charge in [-0.05, 0) is 44.4 Å². The van der Waals surface area contributed by atoms with Gasteiger partial charge < -0.3 is 10.6 Å². The number of pyridine rings is 1. The van der Waals surface area contributed by atoms with E-state index in [1.165, 1.54) is 6.42 Å². The molecule has 1 unspecified atom stereocenters. The van der Waals surface area contributed by atoms with Crippen LogP contribution in [-0.4, -0.2) is 57.1 Å². The van der Waals surface area contributed by atoms with Gasteiger partial charge >= 0.3 is 0 Å². The number of hydrogen-bond donors (Lipinski definition) is 2. The number of aromatic nitrogens is 3. The fraction of sp³-hybridized carbons (Fsp3) is 0.588. The van der Waals surface area contributed by atoms with E-state index in [0.29, 0.717) is 18.0 Å². The van der Waals surface area contributed by atoms with E-state index in [2.05, 4.69) is 20.1 Å². The molecule has 0 aliphatic carbocycles. The molecule has 0 spiro atoms. The summed E-state index contributed by atoms with van der Waals surface area (Å²) < 4.78 is 0. The monoisotopic (exact) mass is 328 g/mol. The number of carbonyl (C=O) groups is 1. The minimum Gasteiger partial charge on any atom is -0.384 e. The Morgan fingerprint density at radius 3 is 2.83 bits per heavy atom. The van der Waals surface area contributed by atoms with Gasteiger partial charge in [0.2, 0.25) is 5.91 Å². The van der Waals surface area contributed by atoms with Crippen LogP contribution >= 0.6 is 0 Å². The predicted molar refractivity (Wildman–Crippen MR) is 92.3 cm³/mol. The number of nitrogen functional groups attached to an aromatic ring is 1. The lowest BCUT2D eigenvalue weighted by molar-refractivity contribution is -0.132. The molecule has 2 aromatic heterocycles. The minimum atomic E-state index is 0.188. The van der Waals surface area contributed by atoms with Crippen LogP contribution in [0.3, 0.4) is 0 Å². The summed E-state index contributed by atoms with van der Waals surface area (Å²) in [6, 6.07) is 4.19. The van der Waals surface area contributed by atoms with Crippen LogP contribution in [0.5, 0.6) is 0 Å². The van der Waals surface area contributed by atoms with Gasteiger partial charge in [-0.15, -0.1) is 0 Å². The summed E-state index contributed by atoms with van der Waals surface area (Å²) in [6.07, 6.45) is 5.61. The Bertz CT molecular complexity index is 736. The van der Waals surface area contributed by atoms with E-state index >= 15 is 0 Å². The first-order chi connectivity index (χ1) is 11.7. The van der Waals surface area contributed by atoms with Gasteiger partial charge in [0.1, 0.15) is 5.82 Å². The number of rotatable bonds is 3. The Morgan fingerprint density at radius 1 is 1.21 bits per heavy atom. The van der Waals surface area contributed by atoms with E-state index in [4.69, 9.17) is 5.73 Å². The molecule has 4 heterocycles. The number of nitrogens with two attached hydrogens (primary N) is 1. The highest BCUT2D eigenvalue weighted by molar-refractivity contribution is 5.85. The van der Waals surface area contributed by atoms with Gasteiger partial charge in [-0.1, -0.05) is 6.42 Å². The Morgan fingerprint density at radius 2 is 2.00 bits per heavy atom. The Kier molecular flexibility index (Phi) is 4.10. The summed E-state index contributed by atoms with van der Waals surface area (Å²) in [7, 11) is 0. The van der Waals surface area contributed by atoms with Crippen LogP contribution in [0.4, 0.5) is 5.82 Å². The number of nitrogens with one attached hydrogen (secondary N) is 1. The van der Waals surface area contributed by atoms with Crippen molar-refractivity contribution in [3.63, 3.8) is 0 Å². The molecule has 0 saturated carbocycles. The molecule has 1 atom stereocenters. The molecular weight excluding hydrogens is 304 g/mol. The van der Waals surface area contributed by atoms with Gasteiger partial charge in [0.25, 0.3) is 0 Å². The van der Waals surface area contributed by atoms with E-state index in [-0.39, 0.29) is 11.9 Å². The number of nitrogens with zero attached hydrogens (tertiary/aromatic N) is 4.